The van der Waals surface area contributed by atoms with Gasteiger partial charge in [0.05, 0.1) is 29.9 Å². The van der Waals surface area contributed by atoms with E-state index in [4.69, 9.17) is 4.74 Å². The van der Waals surface area contributed by atoms with Crippen molar-refractivity contribution in [2.24, 2.45) is 0 Å². The lowest BCUT2D eigenvalue weighted by molar-refractivity contribution is 0.0601. The normalized spacial score (nSPS) is 17.9. The molecule has 3 rings (SSSR count). The highest BCUT2D eigenvalue weighted by atomic mass is 32.2. The van der Waals surface area contributed by atoms with E-state index >= 15 is 0 Å². The largest absolute Gasteiger partial charge is 0.465 e. The minimum atomic E-state index is -3.07. The number of esters is 1. The Kier molecular flexibility index (Phi) is 5.41. The first-order valence-corrected chi connectivity index (χ1v) is 10.1. The lowest BCUT2D eigenvalue weighted by Crippen LogP contribution is -2.35. The van der Waals surface area contributed by atoms with Crippen LogP contribution in [0.15, 0.2) is 42.6 Å². The molecule has 9 heteroatoms. The van der Waals surface area contributed by atoms with Gasteiger partial charge in [-0.25, -0.2) is 18.2 Å². The van der Waals surface area contributed by atoms with Crippen molar-refractivity contribution in [3.8, 4) is 0 Å². The molecule has 2 N–H and O–H groups in total. The second kappa shape index (κ2) is 7.75. The highest BCUT2D eigenvalue weighted by Gasteiger charge is 2.29. The van der Waals surface area contributed by atoms with Gasteiger partial charge in [-0.1, -0.05) is 12.1 Å². The number of sulfone groups is 1. The van der Waals surface area contributed by atoms with E-state index in [0.29, 0.717) is 29.1 Å². The summed E-state index contributed by atoms with van der Waals surface area (Å²) in [5.41, 5.74) is 1.18. The molecule has 0 spiro atoms. The molecule has 1 aromatic heterocycles. The molecule has 1 unspecified atom stereocenters. The number of carbonyl (C=O) groups excluding carboxylic acids is 2. The maximum atomic E-state index is 12.4. The number of pyridine rings is 1. The van der Waals surface area contributed by atoms with E-state index in [0.717, 1.165) is 0 Å². The Hall–Kier alpha value is -2.94. The number of amides is 1. The molecule has 0 aliphatic carbocycles. The fraction of sp³-hybridized carbons (Fsp3) is 0.278. The highest BCUT2D eigenvalue weighted by Crippen LogP contribution is 2.21. The van der Waals surface area contributed by atoms with Crippen LogP contribution in [-0.2, 0) is 14.6 Å². The van der Waals surface area contributed by atoms with Crippen molar-refractivity contribution in [1.82, 2.24) is 10.3 Å². The molecule has 1 aromatic carbocycles. The van der Waals surface area contributed by atoms with Crippen LogP contribution in [0.4, 0.5) is 11.5 Å². The molecule has 1 amide bonds. The van der Waals surface area contributed by atoms with Gasteiger partial charge in [0.2, 0.25) is 0 Å². The van der Waals surface area contributed by atoms with Gasteiger partial charge in [0, 0.05) is 17.8 Å². The maximum absolute atomic E-state index is 12.4. The van der Waals surface area contributed by atoms with Gasteiger partial charge in [0.1, 0.15) is 5.82 Å². The van der Waals surface area contributed by atoms with Crippen molar-refractivity contribution in [2.45, 2.75) is 12.5 Å². The second-order valence-corrected chi connectivity index (χ2v) is 8.39. The Bertz CT molecular complexity index is 974. The van der Waals surface area contributed by atoms with Crippen LogP contribution in [0.25, 0.3) is 0 Å². The van der Waals surface area contributed by atoms with E-state index < -0.39 is 15.8 Å². The lowest BCUT2D eigenvalue weighted by atomic mass is 10.1. The Morgan fingerprint density at radius 1 is 1.22 bits per heavy atom. The van der Waals surface area contributed by atoms with Crippen LogP contribution in [-0.4, -0.2) is 49.9 Å². The zero-order chi connectivity index (χ0) is 19.4. The number of nitrogens with one attached hydrogen (secondary N) is 2. The average Bonchev–Trinajstić information content (AvgIpc) is 3.00. The van der Waals surface area contributed by atoms with Crippen LogP contribution >= 0.6 is 0 Å². The number of ether oxygens (including phenoxy) is 1. The molecular formula is C18H19N3O5S. The number of hydrogen-bond donors (Lipinski definition) is 2. The molecule has 0 radical (unpaired) electrons. The van der Waals surface area contributed by atoms with Gasteiger partial charge in [-0.3, -0.25) is 4.79 Å². The topological polar surface area (TPSA) is 114 Å². The third kappa shape index (κ3) is 4.62. The third-order valence-electron chi connectivity index (χ3n) is 4.18. The number of rotatable bonds is 5. The van der Waals surface area contributed by atoms with Gasteiger partial charge >= 0.3 is 5.97 Å². The van der Waals surface area contributed by atoms with Crippen LogP contribution in [0, 0.1) is 0 Å². The van der Waals surface area contributed by atoms with Gasteiger partial charge in [-0.15, -0.1) is 0 Å². The Balaban J connectivity index is 1.75. The number of hydrogen-bond acceptors (Lipinski definition) is 7. The van der Waals surface area contributed by atoms with Crippen LogP contribution in [0.3, 0.4) is 0 Å². The first kappa shape index (κ1) is 18.8. The van der Waals surface area contributed by atoms with E-state index in [9.17, 15) is 18.0 Å². The monoisotopic (exact) mass is 389 g/mol. The predicted molar refractivity (Wildman–Crippen MR) is 99.8 cm³/mol. The molecule has 8 nitrogen and oxygen atoms in total. The molecule has 2 heterocycles. The molecule has 27 heavy (non-hydrogen) atoms. The molecule has 1 atom stereocenters. The second-order valence-electron chi connectivity index (χ2n) is 6.17. The molecule has 0 bridgehead atoms. The number of carbonyl (C=O) groups is 2. The third-order valence-corrected chi connectivity index (χ3v) is 5.95. The summed E-state index contributed by atoms with van der Waals surface area (Å²) in [4.78, 5) is 28.4. The molecule has 2 aromatic rings. The molecule has 1 saturated heterocycles. The first-order valence-electron chi connectivity index (χ1n) is 8.29. The molecule has 0 saturated carbocycles. The van der Waals surface area contributed by atoms with E-state index in [-0.39, 0.29) is 23.5 Å². The van der Waals surface area contributed by atoms with Gasteiger partial charge in [0.25, 0.3) is 5.91 Å². The number of para-hydroxylation sites is 1. The Morgan fingerprint density at radius 2 is 2.00 bits per heavy atom. The van der Waals surface area contributed by atoms with Crippen molar-refractivity contribution in [2.75, 3.05) is 23.9 Å². The minimum Gasteiger partial charge on any atom is -0.465 e. The van der Waals surface area contributed by atoms with Crippen molar-refractivity contribution >= 4 is 33.2 Å². The molecular weight excluding hydrogens is 370 g/mol. The van der Waals surface area contributed by atoms with Crippen molar-refractivity contribution in [1.29, 1.82) is 0 Å². The zero-order valence-corrected chi connectivity index (χ0v) is 15.5. The van der Waals surface area contributed by atoms with E-state index in [1.54, 1.807) is 24.3 Å². The van der Waals surface area contributed by atoms with Crippen molar-refractivity contribution in [3.05, 3.63) is 53.7 Å². The number of aromatic nitrogens is 1. The fourth-order valence-corrected chi connectivity index (χ4v) is 4.51. The number of methoxy groups -OCH3 is 1. The standard InChI is InChI=1S/C18H19N3O5S/c1-26-18(23)14-4-2-3-5-15(14)21-16-10-12(6-8-19-16)17(22)20-13-7-9-27(24,25)11-13/h2-6,8,10,13H,7,9,11H2,1H3,(H,19,21)(H,20,22). The minimum absolute atomic E-state index is 0.0402. The molecule has 1 aliphatic rings. The number of anilines is 2. The summed E-state index contributed by atoms with van der Waals surface area (Å²) < 4.78 is 27.8. The van der Waals surface area contributed by atoms with Gasteiger partial charge in [-0.2, -0.15) is 0 Å². The van der Waals surface area contributed by atoms with Gasteiger partial charge in [0.15, 0.2) is 9.84 Å². The van der Waals surface area contributed by atoms with E-state index in [1.165, 1.54) is 25.4 Å². The average molecular weight is 389 g/mol. The zero-order valence-electron chi connectivity index (χ0n) is 14.6. The quantitative estimate of drug-likeness (QED) is 0.745. The van der Waals surface area contributed by atoms with E-state index in [1.807, 2.05) is 0 Å². The Morgan fingerprint density at radius 3 is 2.70 bits per heavy atom. The first-order chi connectivity index (χ1) is 12.9. The maximum Gasteiger partial charge on any atom is 0.339 e. The summed E-state index contributed by atoms with van der Waals surface area (Å²) in [5.74, 6) is -0.441. The summed E-state index contributed by atoms with van der Waals surface area (Å²) in [5, 5.41) is 5.73. The van der Waals surface area contributed by atoms with Crippen LogP contribution < -0.4 is 10.6 Å². The van der Waals surface area contributed by atoms with E-state index in [2.05, 4.69) is 15.6 Å². The predicted octanol–water partition coefficient (Wildman–Crippen LogP) is 1.53. The smallest absolute Gasteiger partial charge is 0.339 e. The molecule has 142 valence electrons. The molecule has 1 aliphatic heterocycles. The van der Waals surface area contributed by atoms with Crippen LogP contribution in [0.1, 0.15) is 27.1 Å². The van der Waals surface area contributed by atoms with Crippen LogP contribution in [0.5, 0.6) is 0 Å². The van der Waals surface area contributed by atoms with Crippen molar-refractivity contribution in [3.63, 3.8) is 0 Å². The highest BCUT2D eigenvalue weighted by molar-refractivity contribution is 7.91. The fourth-order valence-electron chi connectivity index (χ4n) is 2.84. The Labute approximate surface area is 156 Å². The summed E-state index contributed by atoms with van der Waals surface area (Å²) >= 11 is 0. The van der Waals surface area contributed by atoms with Crippen LogP contribution in [0.2, 0.25) is 0 Å². The van der Waals surface area contributed by atoms with Gasteiger partial charge < -0.3 is 15.4 Å². The summed E-state index contributed by atoms with van der Waals surface area (Å²) in [6, 6.07) is 9.47. The summed E-state index contributed by atoms with van der Waals surface area (Å²) in [6.07, 6.45) is 1.88. The lowest BCUT2D eigenvalue weighted by Gasteiger charge is -2.13. The SMILES string of the molecule is COC(=O)c1ccccc1Nc1cc(C(=O)NC2CCS(=O)(=O)C2)ccn1. The number of nitrogens with zero attached hydrogens (tertiary/aromatic N) is 1. The molecule has 1 fully saturated rings. The summed E-state index contributed by atoms with van der Waals surface area (Å²) in [7, 11) is -1.77. The number of benzene rings is 1. The summed E-state index contributed by atoms with van der Waals surface area (Å²) in [6.45, 7) is 0. The van der Waals surface area contributed by atoms with Gasteiger partial charge in [-0.05, 0) is 30.7 Å². The van der Waals surface area contributed by atoms with Crippen molar-refractivity contribution < 1.29 is 22.7 Å².